The molecule has 1 saturated heterocycles. The van der Waals surface area contributed by atoms with Crippen LogP contribution >= 0.6 is 0 Å². The summed E-state index contributed by atoms with van der Waals surface area (Å²) in [5, 5.41) is 12.1. The van der Waals surface area contributed by atoms with Gasteiger partial charge in [0, 0.05) is 31.2 Å². The van der Waals surface area contributed by atoms with Crippen molar-refractivity contribution >= 4 is 5.82 Å². The van der Waals surface area contributed by atoms with Gasteiger partial charge in [-0.15, -0.1) is 5.10 Å². The van der Waals surface area contributed by atoms with Crippen molar-refractivity contribution in [2.75, 3.05) is 32.1 Å². The van der Waals surface area contributed by atoms with E-state index in [4.69, 9.17) is 0 Å². The molecule has 0 radical (unpaired) electrons. The fourth-order valence-electron chi connectivity index (χ4n) is 2.34. The highest BCUT2D eigenvalue weighted by Crippen LogP contribution is 2.19. The van der Waals surface area contributed by atoms with Crippen LogP contribution in [0.3, 0.4) is 0 Å². The summed E-state index contributed by atoms with van der Waals surface area (Å²) in [6.07, 6.45) is 1.20. The van der Waals surface area contributed by atoms with Crippen LogP contribution in [0, 0.1) is 0 Å². The zero-order valence-corrected chi connectivity index (χ0v) is 13.3. The molecule has 1 aliphatic heterocycles. The molecule has 1 aromatic rings. The predicted octanol–water partition coefficient (Wildman–Crippen LogP) is 1.50. The average Bonchev–Trinajstić information content (AvgIpc) is 2.86. The molecule has 1 N–H and O–H groups in total. The van der Waals surface area contributed by atoms with Crippen LogP contribution in [-0.2, 0) is 6.54 Å². The molecular formula is C15H27N5. The van der Waals surface area contributed by atoms with Gasteiger partial charge in [-0.05, 0) is 53.4 Å². The third-order valence-electron chi connectivity index (χ3n) is 3.72. The van der Waals surface area contributed by atoms with Crippen LogP contribution in [0.4, 0.5) is 5.82 Å². The molecule has 1 unspecified atom stereocenters. The number of nitrogens with one attached hydrogen (secondary N) is 1. The zero-order chi connectivity index (χ0) is 14.8. The van der Waals surface area contributed by atoms with Gasteiger partial charge in [-0.3, -0.25) is 0 Å². The third kappa shape index (κ3) is 4.15. The summed E-state index contributed by atoms with van der Waals surface area (Å²) in [6, 6.07) is 4.79. The van der Waals surface area contributed by atoms with E-state index in [0.717, 1.165) is 31.1 Å². The van der Waals surface area contributed by atoms with Crippen molar-refractivity contribution in [3.05, 3.63) is 17.8 Å². The van der Waals surface area contributed by atoms with Crippen LogP contribution in [-0.4, -0.2) is 53.9 Å². The summed E-state index contributed by atoms with van der Waals surface area (Å²) in [4.78, 5) is 4.60. The first kappa shape index (κ1) is 15.2. The summed E-state index contributed by atoms with van der Waals surface area (Å²) < 4.78 is 0. The minimum atomic E-state index is 0.105. The van der Waals surface area contributed by atoms with E-state index in [0.29, 0.717) is 6.04 Å². The van der Waals surface area contributed by atoms with E-state index in [2.05, 4.69) is 72.3 Å². The second-order valence-electron chi connectivity index (χ2n) is 6.84. The van der Waals surface area contributed by atoms with E-state index < -0.39 is 0 Å². The van der Waals surface area contributed by atoms with Crippen LogP contribution in [0.2, 0.25) is 0 Å². The Morgan fingerprint density at radius 3 is 2.55 bits per heavy atom. The molecule has 1 atom stereocenters. The minimum absolute atomic E-state index is 0.105. The van der Waals surface area contributed by atoms with Gasteiger partial charge >= 0.3 is 0 Å². The molecule has 0 bridgehead atoms. The molecule has 0 aliphatic carbocycles. The molecule has 5 nitrogen and oxygen atoms in total. The monoisotopic (exact) mass is 277 g/mol. The Labute approximate surface area is 122 Å². The topological polar surface area (TPSA) is 44.3 Å². The normalized spacial score (nSPS) is 19.9. The van der Waals surface area contributed by atoms with E-state index in [1.165, 1.54) is 6.42 Å². The van der Waals surface area contributed by atoms with Crippen LogP contribution in [0.25, 0.3) is 0 Å². The lowest BCUT2D eigenvalue weighted by molar-refractivity contribution is 0.315. The molecule has 1 aliphatic rings. The van der Waals surface area contributed by atoms with Crippen molar-refractivity contribution in [3.63, 3.8) is 0 Å². The molecule has 0 saturated carbocycles. The molecule has 112 valence electrons. The van der Waals surface area contributed by atoms with E-state index in [-0.39, 0.29) is 5.54 Å². The first-order valence-corrected chi connectivity index (χ1v) is 7.34. The molecule has 0 spiro atoms. The van der Waals surface area contributed by atoms with Crippen LogP contribution < -0.4 is 10.2 Å². The lowest BCUT2D eigenvalue weighted by atomic mass is 10.1. The summed E-state index contributed by atoms with van der Waals surface area (Å²) >= 11 is 0. The van der Waals surface area contributed by atoms with Gasteiger partial charge in [0.2, 0.25) is 0 Å². The Hall–Kier alpha value is -1.20. The average molecular weight is 277 g/mol. The van der Waals surface area contributed by atoms with Crippen molar-refractivity contribution in [2.24, 2.45) is 0 Å². The number of anilines is 1. The second-order valence-corrected chi connectivity index (χ2v) is 6.84. The summed E-state index contributed by atoms with van der Waals surface area (Å²) in [6.45, 7) is 9.33. The van der Waals surface area contributed by atoms with Gasteiger partial charge < -0.3 is 15.1 Å². The maximum absolute atomic E-state index is 4.37. The first-order valence-electron chi connectivity index (χ1n) is 7.34. The molecular weight excluding hydrogens is 250 g/mol. The fraction of sp³-hybridized carbons (Fsp3) is 0.733. The maximum Gasteiger partial charge on any atom is 0.151 e. The molecule has 2 heterocycles. The maximum atomic E-state index is 4.37. The smallest absolute Gasteiger partial charge is 0.151 e. The van der Waals surface area contributed by atoms with Crippen molar-refractivity contribution in [3.8, 4) is 0 Å². The molecule has 5 heteroatoms. The first-order chi connectivity index (χ1) is 9.35. The lowest BCUT2D eigenvalue weighted by Gasteiger charge is -2.21. The number of hydrogen-bond donors (Lipinski definition) is 1. The highest BCUT2D eigenvalue weighted by Gasteiger charge is 2.24. The Balaban J connectivity index is 1.92. The van der Waals surface area contributed by atoms with E-state index >= 15 is 0 Å². The van der Waals surface area contributed by atoms with Gasteiger partial charge in [-0.1, -0.05) is 0 Å². The molecule has 0 aromatic carbocycles. The van der Waals surface area contributed by atoms with Gasteiger partial charge in [0.25, 0.3) is 0 Å². The van der Waals surface area contributed by atoms with E-state index in [1.54, 1.807) is 0 Å². The second kappa shape index (κ2) is 6.06. The van der Waals surface area contributed by atoms with Gasteiger partial charge in [0.05, 0.1) is 5.69 Å². The summed E-state index contributed by atoms with van der Waals surface area (Å²) in [5.41, 5.74) is 1.10. The molecule has 20 heavy (non-hydrogen) atoms. The van der Waals surface area contributed by atoms with E-state index in [1.807, 2.05) is 0 Å². The van der Waals surface area contributed by atoms with Crippen molar-refractivity contribution in [1.82, 2.24) is 20.4 Å². The van der Waals surface area contributed by atoms with Gasteiger partial charge in [0.15, 0.2) is 5.82 Å². The van der Waals surface area contributed by atoms with Crippen molar-refractivity contribution < 1.29 is 0 Å². The SMILES string of the molecule is CN(C)C1CCN(c2ccc(CNC(C)(C)C)nn2)C1. The molecule has 1 aromatic heterocycles. The quantitative estimate of drug-likeness (QED) is 0.903. The van der Waals surface area contributed by atoms with Crippen LogP contribution in [0.15, 0.2) is 12.1 Å². The number of hydrogen-bond acceptors (Lipinski definition) is 5. The van der Waals surface area contributed by atoms with Gasteiger partial charge in [-0.25, -0.2) is 0 Å². The largest absolute Gasteiger partial charge is 0.354 e. The third-order valence-corrected chi connectivity index (χ3v) is 3.72. The summed E-state index contributed by atoms with van der Waals surface area (Å²) in [7, 11) is 4.28. The minimum Gasteiger partial charge on any atom is -0.354 e. The lowest BCUT2D eigenvalue weighted by Crippen LogP contribution is -2.35. The Kier molecular flexibility index (Phi) is 4.60. The van der Waals surface area contributed by atoms with E-state index in [9.17, 15) is 0 Å². The van der Waals surface area contributed by atoms with Crippen molar-refractivity contribution in [1.29, 1.82) is 0 Å². The highest BCUT2D eigenvalue weighted by molar-refractivity contribution is 5.39. The van der Waals surface area contributed by atoms with Crippen molar-refractivity contribution in [2.45, 2.75) is 45.3 Å². The number of nitrogens with zero attached hydrogens (tertiary/aromatic N) is 4. The Morgan fingerprint density at radius 2 is 2.05 bits per heavy atom. The number of likely N-dealkylation sites (N-methyl/N-ethyl adjacent to an activating group) is 1. The van der Waals surface area contributed by atoms with Gasteiger partial charge in [0.1, 0.15) is 0 Å². The number of rotatable bonds is 4. The number of aromatic nitrogens is 2. The fourth-order valence-corrected chi connectivity index (χ4v) is 2.34. The highest BCUT2D eigenvalue weighted by atomic mass is 15.3. The summed E-state index contributed by atoms with van der Waals surface area (Å²) in [5.74, 6) is 0.994. The van der Waals surface area contributed by atoms with Crippen LogP contribution in [0.5, 0.6) is 0 Å². The molecule has 0 amide bonds. The predicted molar refractivity (Wildman–Crippen MR) is 82.9 cm³/mol. The molecule has 2 rings (SSSR count). The standard InChI is InChI=1S/C15H27N5/c1-15(2,3)16-10-12-6-7-14(18-17-12)20-9-8-13(11-20)19(4)5/h6-7,13,16H,8-11H2,1-5H3. The van der Waals surface area contributed by atoms with Crippen LogP contribution in [0.1, 0.15) is 32.9 Å². The zero-order valence-electron chi connectivity index (χ0n) is 13.3. The Bertz CT molecular complexity index is 421. The molecule has 1 fully saturated rings. The van der Waals surface area contributed by atoms with Gasteiger partial charge in [-0.2, -0.15) is 5.10 Å². The Morgan fingerprint density at radius 1 is 1.30 bits per heavy atom.